The highest BCUT2D eigenvalue weighted by Crippen LogP contribution is 2.36. The van der Waals surface area contributed by atoms with Gasteiger partial charge in [-0.15, -0.1) is 0 Å². The number of urea groups is 1. The number of methoxy groups -OCH3 is 1. The van der Waals surface area contributed by atoms with Gasteiger partial charge in [0.2, 0.25) is 0 Å². The zero-order valence-electron chi connectivity index (χ0n) is 14.0. The summed E-state index contributed by atoms with van der Waals surface area (Å²) < 4.78 is 43.6. The Labute approximate surface area is 138 Å². The molecule has 0 saturated heterocycles. The molecule has 134 valence electrons. The first-order valence-electron chi connectivity index (χ1n) is 7.38. The van der Waals surface area contributed by atoms with Crippen molar-refractivity contribution in [3.05, 3.63) is 29.3 Å². The molecule has 1 unspecified atom stereocenters. The summed E-state index contributed by atoms with van der Waals surface area (Å²) in [6.07, 6.45) is -4.26. The van der Waals surface area contributed by atoms with Crippen molar-refractivity contribution in [2.75, 3.05) is 12.4 Å². The summed E-state index contributed by atoms with van der Waals surface area (Å²) in [7, 11) is 1.26. The third-order valence-electron chi connectivity index (χ3n) is 3.50. The number of hydrogen-bond acceptors (Lipinski definition) is 3. The molecule has 0 saturated carbocycles. The van der Waals surface area contributed by atoms with Crippen LogP contribution in [0.25, 0.3) is 0 Å². The number of ether oxygens (including phenoxy) is 1. The number of nitrogens with one attached hydrogen (secondary N) is 2. The molecule has 8 heteroatoms. The van der Waals surface area contributed by atoms with Crippen molar-refractivity contribution in [3.63, 3.8) is 0 Å². The van der Waals surface area contributed by atoms with Crippen LogP contribution < -0.4 is 10.6 Å². The number of carbonyl (C=O) groups excluding carboxylic acids is 2. The number of hydrogen-bond donors (Lipinski definition) is 2. The highest BCUT2D eigenvalue weighted by atomic mass is 19.4. The fraction of sp³-hybridized carbons (Fsp3) is 0.500. The first-order valence-corrected chi connectivity index (χ1v) is 7.38. The summed E-state index contributed by atoms with van der Waals surface area (Å²) in [5, 5.41) is 4.77. The molecule has 1 rings (SSSR count). The third kappa shape index (κ3) is 5.43. The van der Waals surface area contributed by atoms with Crippen molar-refractivity contribution in [3.8, 4) is 0 Å². The Morgan fingerprint density at radius 3 is 2.42 bits per heavy atom. The number of rotatable bonds is 5. The molecule has 2 atom stereocenters. The molecular weight excluding hydrogens is 325 g/mol. The van der Waals surface area contributed by atoms with Gasteiger partial charge in [-0.3, -0.25) is 4.79 Å². The molecule has 0 aromatic heterocycles. The lowest BCUT2D eigenvalue weighted by molar-refractivity contribution is -0.145. The van der Waals surface area contributed by atoms with E-state index in [0.717, 1.165) is 6.07 Å². The Hall–Kier alpha value is -2.25. The van der Waals surface area contributed by atoms with E-state index in [1.165, 1.54) is 26.2 Å². The predicted molar refractivity (Wildman–Crippen MR) is 83.6 cm³/mol. The number of alkyl halides is 3. The van der Waals surface area contributed by atoms with Gasteiger partial charge in [0.1, 0.15) is 0 Å². The zero-order chi connectivity index (χ0) is 18.5. The van der Waals surface area contributed by atoms with Gasteiger partial charge in [0, 0.05) is 6.04 Å². The van der Waals surface area contributed by atoms with E-state index in [1.54, 1.807) is 13.8 Å². The highest BCUT2D eigenvalue weighted by Gasteiger charge is 2.34. The van der Waals surface area contributed by atoms with Gasteiger partial charge in [-0.25, -0.2) is 4.79 Å². The lowest BCUT2D eigenvalue weighted by atomic mass is 10.0. The number of carbonyl (C=O) groups is 2. The molecule has 0 aliphatic rings. The highest BCUT2D eigenvalue weighted by molar-refractivity contribution is 5.91. The topological polar surface area (TPSA) is 67.4 Å². The quantitative estimate of drug-likeness (QED) is 0.799. The van der Waals surface area contributed by atoms with Crippen LogP contribution in [0.3, 0.4) is 0 Å². The molecule has 1 aromatic rings. The second-order valence-corrected chi connectivity index (χ2v) is 5.65. The zero-order valence-corrected chi connectivity index (χ0v) is 14.0. The van der Waals surface area contributed by atoms with Crippen LogP contribution in [-0.4, -0.2) is 25.2 Å². The number of amides is 2. The normalized spacial score (nSPS) is 13.8. The average Bonchev–Trinajstić information content (AvgIpc) is 2.46. The second kappa shape index (κ2) is 8.03. The van der Waals surface area contributed by atoms with Gasteiger partial charge in [-0.1, -0.05) is 19.1 Å². The standard InChI is InChI=1S/C16H21F3N2O3/c1-9-6-5-7-12(16(17,18)19)13(9)21-15(23)20-11(3)8-10(2)14(22)24-4/h5-7,10-11H,8H2,1-4H3,(H2,20,21,23)/t10?,11-/m0/s1. The lowest BCUT2D eigenvalue weighted by Gasteiger charge is -2.20. The van der Waals surface area contributed by atoms with Crippen LogP contribution in [0.2, 0.25) is 0 Å². The number of esters is 1. The summed E-state index contributed by atoms with van der Waals surface area (Å²) >= 11 is 0. The van der Waals surface area contributed by atoms with Crippen molar-refractivity contribution in [2.24, 2.45) is 5.92 Å². The van der Waals surface area contributed by atoms with Crippen molar-refractivity contribution >= 4 is 17.7 Å². The van der Waals surface area contributed by atoms with Crippen molar-refractivity contribution in [2.45, 2.75) is 39.4 Å². The first-order chi connectivity index (χ1) is 11.1. The minimum atomic E-state index is -4.57. The summed E-state index contributed by atoms with van der Waals surface area (Å²) in [5.41, 5.74) is -0.889. The summed E-state index contributed by atoms with van der Waals surface area (Å²) in [4.78, 5) is 23.3. The average molecular weight is 346 g/mol. The van der Waals surface area contributed by atoms with Crippen LogP contribution >= 0.6 is 0 Å². The number of aryl methyl sites for hydroxylation is 1. The van der Waals surface area contributed by atoms with E-state index in [-0.39, 0.29) is 5.69 Å². The van der Waals surface area contributed by atoms with Crippen molar-refractivity contribution in [1.82, 2.24) is 5.32 Å². The molecule has 1 aromatic carbocycles. The molecule has 2 amide bonds. The molecular formula is C16H21F3N2O3. The SMILES string of the molecule is COC(=O)C(C)C[C@H](C)NC(=O)Nc1c(C)cccc1C(F)(F)F. The maximum Gasteiger partial charge on any atom is 0.418 e. The molecule has 24 heavy (non-hydrogen) atoms. The number of benzene rings is 1. The number of halogens is 3. The molecule has 2 N–H and O–H groups in total. The van der Waals surface area contributed by atoms with E-state index in [4.69, 9.17) is 0 Å². The molecule has 0 spiro atoms. The van der Waals surface area contributed by atoms with Crippen LogP contribution in [0.4, 0.5) is 23.7 Å². The van der Waals surface area contributed by atoms with Gasteiger partial charge >= 0.3 is 18.2 Å². The van der Waals surface area contributed by atoms with E-state index < -0.39 is 35.7 Å². The van der Waals surface area contributed by atoms with Crippen molar-refractivity contribution in [1.29, 1.82) is 0 Å². The summed E-state index contributed by atoms with van der Waals surface area (Å²) in [6.45, 7) is 4.78. The summed E-state index contributed by atoms with van der Waals surface area (Å²) in [6, 6.07) is 2.48. The Balaban J connectivity index is 2.77. The van der Waals surface area contributed by atoms with E-state index in [9.17, 15) is 22.8 Å². The Morgan fingerprint density at radius 1 is 1.25 bits per heavy atom. The summed E-state index contributed by atoms with van der Waals surface area (Å²) in [5.74, 6) is -0.850. The fourth-order valence-corrected chi connectivity index (χ4v) is 2.33. The van der Waals surface area contributed by atoms with Gasteiger partial charge in [-0.05, 0) is 31.9 Å². The lowest BCUT2D eigenvalue weighted by Crippen LogP contribution is -2.38. The minimum absolute atomic E-state index is 0.282. The van der Waals surface area contributed by atoms with Gasteiger partial charge < -0.3 is 15.4 Å². The fourth-order valence-electron chi connectivity index (χ4n) is 2.33. The van der Waals surface area contributed by atoms with Crippen LogP contribution in [0, 0.1) is 12.8 Å². The van der Waals surface area contributed by atoms with Gasteiger partial charge in [-0.2, -0.15) is 13.2 Å². The molecule has 0 bridgehead atoms. The maximum atomic E-state index is 13.0. The second-order valence-electron chi connectivity index (χ2n) is 5.65. The maximum absolute atomic E-state index is 13.0. The Kier molecular flexibility index (Phi) is 6.62. The van der Waals surface area contributed by atoms with Crippen LogP contribution in [-0.2, 0) is 15.7 Å². The molecule has 0 fully saturated rings. The number of anilines is 1. The van der Waals surface area contributed by atoms with Gasteiger partial charge in [0.15, 0.2) is 0 Å². The van der Waals surface area contributed by atoms with E-state index in [1.807, 2.05) is 0 Å². The van der Waals surface area contributed by atoms with Crippen LogP contribution in [0.5, 0.6) is 0 Å². The Bertz CT molecular complexity index is 603. The van der Waals surface area contributed by atoms with Crippen molar-refractivity contribution < 1.29 is 27.5 Å². The van der Waals surface area contributed by atoms with Gasteiger partial charge in [0.25, 0.3) is 0 Å². The monoisotopic (exact) mass is 346 g/mol. The largest absolute Gasteiger partial charge is 0.469 e. The Morgan fingerprint density at radius 2 is 1.88 bits per heavy atom. The predicted octanol–water partition coefficient (Wildman–Crippen LogP) is 3.72. The van der Waals surface area contributed by atoms with E-state index in [0.29, 0.717) is 12.0 Å². The molecule has 0 aliphatic heterocycles. The smallest absolute Gasteiger partial charge is 0.418 e. The third-order valence-corrected chi connectivity index (χ3v) is 3.50. The first kappa shape index (κ1) is 19.8. The van der Waals surface area contributed by atoms with E-state index in [2.05, 4.69) is 15.4 Å². The molecule has 0 radical (unpaired) electrons. The number of para-hydroxylation sites is 1. The minimum Gasteiger partial charge on any atom is -0.469 e. The molecule has 5 nitrogen and oxygen atoms in total. The van der Waals surface area contributed by atoms with Gasteiger partial charge in [0.05, 0.1) is 24.3 Å². The molecule has 0 aliphatic carbocycles. The van der Waals surface area contributed by atoms with E-state index >= 15 is 0 Å². The van der Waals surface area contributed by atoms with Crippen LogP contribution in [0.1, 0.15) is 31.4 Å². The van der Waals surface area contributed by atoms with Crippen LogP contribution in [0.15, 0.2) is 18.2 Å². The molecule has 0 heterocycles.